The number of nitro groups is 1. The number of hydrogen-bond donors (Lipinski definition) is 0. The first-order valence-electron chi connectivity index (χ1n) is 4.46. The number of rotatable bonds is 4. The summed E-state index contributed by atoms with van der Waals surface area (Å²) in [5.74, 6) is -0.346. The van der Waals surface area contributed by atoms with E-state index in [1.165, 1.54) is 19.2 Å². The SMILES string of the molecule is COC(=O)CSc1ccc(C#N)c([N+](=O)[O-])c1. The molecule has 0 amide bonds. The molecule has 17 heavy (non-hydrogen) atoms. The van der Waals surface area contributed by atoms with E-state index in [-0.39, 0.29) is 17.0 Å². The van der Waals surface area contributed by atoms with E-state index in [0.717, 1.165) is 11.8 Å². The van der Waals surface area contributed by atoms with Gasteiger partial charge in [-0.3, -0.25) is 14.9 Å². The van der Waals surface area contributed by atoms with Crippen molar-refractivity contribution in [2.45, 2.75) is 4.90 Å². The normalized spacial score (nSPS) is 9.41. The summed E-state index contributed by atoms with van der Waals surface area (Å²) in [6.45, 7) is 0. The lowest BCUT2D eigenvalue weighted by atomic mass is 10.2. The van der Waals surface area contributed by atoms with Crippen molar-refractivity contribution in [1.82, 2.24) is 0 Å². The van der Waals surface area contributed by atoms with Gasteiger partial charge in [0.05, 0.1) is 17.8 Å². The molecular weight excluding hydrogens is 244 g/mol. The summed E-state index contributed by atoms with van der Waals surface area (Å²) in [5.41, 5.74) is -0.264. The zero-order valence-electron chi connectivity index (χ0n) is 8.87. The van der Waals surface area contributed by atoms with Crippen molar-refractivity contribution in [3.63, 3.8) is 0 Å². The molecular formula is C10H8N2O4S. The van der Waals surface area contributed by atoms with Gasteiger partial charge in [0.15, 0.2) is 0 Å². The molecule has 0 aliphatic heterocycles. The van der Waals surface area contributed by atoms with E-state index in [9.17, 15) is 14.9 Å². The highest BCUT2D eigenvalue weighted by atomic mass is 32.2. The highest BCUT2D eigenvalue weighted by Crippen LogP contribution is 2.26. The van der Waals surface area contributed by atoms with Gasteiger partial charge in [0, 0.05) is 11.0 Å². The van der Waals surface area contributed by atoms with Crippen LogP contribution in [-0.4, -0.2) is 23.8 Å². The predicted molar refractivity (Wildman–Crippen MR) is 60.6 cm³/mol. The Morgan fingerprint density at radius 3 is 2.88 bits per heavy atom. The van der Waals surface area contributed by atoms with Crippen molar-refractivity contribution in [3.8, 4) is 6.07 Å². The van der Waals surface area contributed by atoms with Crippen molar-refractivity contribution in [2.24, 2.45) is 0 Å². The molecule has 0 aromatic heterocycles. The van der Waals surface area contributed by atoms with Gasteiger partial charge < -0.3 is 4.74 Å². The molecule has 0 saturated carbocycles. The molecule has 0 heterocycles. The predicted octanol–water partition coefficient (Wildman–Crippen LogP) is 1.73. The van der Waals surface area contributed by atoms with E-state index < -0.39 is 10.9 Å². The van der Waals surface area contributed by atoms with E-state index >= 15 is 0 Å². The van der Waals surface area contributed by atoms with Crippen LogP contribution in [0.2, 0.25) is 0 Å². The van der Waals surface area contributed by atoms with Crippen LogP contribution in [0.25, 0.3) is 0 Å². The number of ether oxygens (including phenoxy) is 1. The van der Waals surface area contributed by atoms with Gasteiger partial charge in [0.1, 0.15) is 11.6 Å². The summed E-state index contributed by atoms with van der Waals surface area (Å²) in [5, 5.41) is 19.4. The van der Waals surface area contributed by atoms with Crippen molar-refractivity contribution in [2.75, 3.05) is 12.9 Å². The maximum absolute atomic E-state index is 10.9. The van der Waals surface area contributed by atoms with E-state index in [1.54, 1.807) is 12.1 Å². The number of hydrogen-bond acceptors (Lipinski definition) is 6. The molecule has 1 aromatic rings. The summed E-state index contributed by atoms with van der Waals surface area (Å²) < 4.78 is 4.45. The molecule has 0 aliphatic rings. The van der Waals surface area contributed by atoms with Crippen LogP contribution in [0.1, 0.15) is 5.56 Å². The number of methoxy groups -OCH3 is 1. The van der Waals surface area contributed by atoms with Gasteiger partial charge in [-0.2, -0.15) is 5.26 Å². The van der Waals surface area contributed by atoms with Gasteiger partial charge in [-0.1, -0.05) is 0 Å². The Morgan fingerprint density at radius 2 is 2.35 bits per heavy atom. The fourth-order valence-electron chi connectivity index (χ4n) is 1.05. The average molecular weight is 252 g/mol. The smallest absolute Gasteiger partial charge is 0.315 e. The zero-order valence-corrected chi connectivity index (χ0v) is 9.69. The lowest BCUT2D eigenvalue weighted by Crippen LogP contribution is -2.03. The van der Waals surface area contributed by atoms with Gasteiger partial charge in [-0.25, -0.2) is 0 Å². The first-order chi connectivity index (χ1) is 8.08. The number of carbonyl (C=O) groups is 1. The second-order valence-electron chi connectivity index (χ2n) is 2.91. The van der Waals surface area contributed by atoms with Crippen molar-refractivity contribution < 1.29 is 14.5 Å². The zero-order chi connectivity index (χ0) is 12.8. The minimum atomic E-state index is -0.624. The largest absolute Gasteiger partial charge is 0.468 e. The molecule has 0 radical (unpaired) electrons. The fraction of sp³-hybridized carbons (Fsp3) is 0.200. The summed E-state index contributed by atoms with van der Waals surface area (Å²) in [7, 11) is 1.27. The number of thioether (sulfide) groups is 1. The Kier molecular flexibility index (Phi) is 4.48. The van der Waals surface area contributed by atoms with Crippen LogP contribution in [0.4, 0.5) is 5.69 Å². The lowest BCUT2D eigenvalue weighted by molar-refractivity contribution is -0.385. The standard InChI is InChI=1S/C10H8N2O4S/c1-16-10(13)6-17-8-3-2-7(5-11)9(4-8)12(14)15/h2-4H,6H2,1H3. The van der Waals surface area contributed by atoms with Crippen LogP contribution in [0.5, 0.6) is 0 Å². The van der Waals surface area contributed by atoms with Gasteiger partial charge in [0.25, 0.3) is 5.69 Å². The van der Waals surface area contributed by atoms with Gasteiger partial charge >= 0.3 is 5.97 Å². The summed E-state index contributed by atoms with van der Waals surface area (Å²) in [4.78, 5) is 21.5. The molecule has 0 aliphatic carbocycles. The third kappa shape index (κ3) is 3.46. The summed E-state index contributed by atoms with van der Waals surface area (Å²) in [6, 6.07) is 5.92. The molecule has 1 aromatic carbocycles. The third-order valence-corrected chi connectivity index (χ3v) is 2.84. The molecule has 7 heteroatoms. The molecule has 0 N–H and O–H groups in total. The lowest BCUT2D eigenvalue weighted by Gasteiger charge is -2.01. The number of nitro benzene ring substituents is 1. The molecule has 6 nitrogen and oxygen atoms in total. The first-order valence-corrected chi connectivity index (χ1v) is 5.45. The Morgan fingerprint density at radius 1 is 1.65 bits per heavy atom. The Labute approximate surface area is 101 Å². The average Bonchev–Trinajstić information content (AvgIpc) is 2.35. The van der Waals surface area contributed by atoms with Crippen LogP contribution in [-0.2, 0) is 9.53 Å². The van der Waals surface area contributed by atoms with Gasteiger partial charge in [-0.15, -0.1) is 11.8 Å². The van der Waals surface area contributed by atoms with Gasteiger partial charge in [0.2, 0.25) is 0 Å². The van der Waals surface area contributed by atoms with Crippen molar-refractivity contribution >= 4 is 23.4 Å². The number of esters is 1. The molecule has 1 rings (SSSR count). The number of benzene rings is 1. The quantitative estimate of drug-likeness (QED) is 0.350. The second-order valence-corrected chi connectivity index (χ2v) is 3.96. The molecule has 0 atom stereocenters. The highest BCUT2D eigenvalue weighted by molar-refractivity contribution is 8.00. The third-order valence-electron chi connectivity index (χ3n) is 1.87. The fourth-order valence-corrected chi connectivity index (χ4v) is 1.81. The second kappa shape index (κ2) is 5.86. The maximum Gasteiger partial charge on any atom is 0.315 e. The number of nitrogens with zero attached hydrogens (tertiary/aromatic N) is 2. The van der Waals surface area contributed by atoms with E-state index in [0.29, 0.717) is 4.90 Å². The Balaban J connectivity index is 2.90. The van der Waals surface area contributed by atoms with Crippen molar-refractivity contribution in [3.05, 3.63) is 33.9 Å². The van der Waals surface area contributed by atoms with Crippen LogP contribution in [0, 0.1) is 21.4 Å². The van der Waals surface area contributed by atoms with E-state index in [4.69, 9.17) is 5.26 Å². The molecule has 0 spiro atoms. The van der Waals surface area contributed by atoms with Crippen molar-refractivity contribution in [1.29, 1.82) is 5.26 Å². The van der Waals surface area contributed by atoms with Gasteiger partial charge in [-0.05, 0) is 12.1 Å². The maximum atomic E-state index is 10.9. The molecule has 0 fully saturated rings. The van der Waals surface area contributed by atoms with E-state index in [2.05, 4.69) is 4.74 Å². The molecule has 0 bridgehead atoms. The monoisotopic (exact) mass is 252 g/mol. The van der Waals surface area contributed by atoms with Crippen LogP contribution in [0.3, 0.4) is 0 Å². The minimum absolute atomic E-state index is 0.00239. The molecule has 88 valence electrons. The first kappa shape index (κ1) is 13.0. The Bertz CT molecular complexity index is 496. The number of carbonyl (C=O) groups excluding carboxylic acids is 1. The van der Waals surface area contributed by atoms with Crippen LogP contribution >= 0.6 is 11.8 Å². The molecule has 0 saturated heterocycles. The molecule has 0 unspecified atom stereocenters. The highest BCUT2D eigenvalue weighted by Gasteiger charge is 2.14. The summed E-state index contributed by atoms with van der Waals surface area (Å²) in [6.07, 6.45) is 0. The Hall–Kier alpha value is -2.07. The topological polar surface area (TPSA) is 93.2 Å². The number of nitriles is 1. The van der Waals surface area contributed by atoms with E-state index in [1.807, 2.05) is 0 Å². The minimum Gasteiger partial charge on any atom is -0.468 e. The van der Waals surface area contributed by atoms with Crippen LogP contribution in [0.15, 0.2) is 23.1 Å². The van der Waals surface area contributed by atoms with Crippen LogP contribution < -0.4 is 0 Å². The summed E-state index contributed by atoms with van der Waals surface area (Å²) >= 11 is 1.12.